The summed E-state index contributed by atoms with van der Waals surface area (Å²) in [5.41, 5.74) is 0. The second-order valence-electron chi connectivity index (χ2n) is 4.80. The van der Waals surface area contributed by atoms with Gasteiger partial charge in [-0.1, -0.05) is 11.3 Å². The van der Waals surface area contributed by atoms with Gasteiger partial charge in [-0.15, -0.1) is 0 Å². The van der Waals surface area contributed by atoms with Crippen LogP contribution < -0.4 is 4.90 Å². The standard InChI is InChI=1S/C12H14N4O4S/c1-20-11(17)8-4-2-3-5-14(8)9-10(16(18)19)15-6-7-21-12(15)13-9/h6-8H,2-5H2,1H3. The fourth-order valence-electron chi connectivity index (χ4n) is 2.69. The van der Waals surface area contributed by atoms with E-state index in [4.69, 9.17) is 4.74 Å². The summed E-state index contributed by atoms with van der Waals surface area (Å²) in [6, 6.07) is -0.507. The van der Waals surface area contributed by atoms with Crippen molar-refractivity contribution in [3.63, 3.8) is 0 Å². The summed E-state index contributed by atoms with van der Waals surface area (Å²) in [6.45, 7) is 0.561. The molecule has 8 nitrogen and oxygen atoms in total. The highest BCUT2D eigenvalue weighted by molar-refractivity contribution is 7.15. The number of carbonyl (C=O) groups excluding carboxylic acids is 1. The van der Waals surface area contributed by atoms with Crippen LogP contribution >= 0.6 is 11.3 Å². The summed E-state index contributed by atoms with van der Waals surface area (Å²) < 4.78 is 6.26. The maximum absolute atomic E-state index is 11.9. The molecule has 0 aliphatic carbocycles. The Kier molecular flexibility index (Phi) is 3.50. The van der Waals surface area contributed by atoms with Crippen LogP contribution in [0.5, 0.6) is 0 Å². The van der Waals surface area contributed by atoms with E-state index in [-0.39, 0.29) is 17.6 Å². The largest absolute Gasteiger partial charge is 0.467 e. The van der Waals surface area contributed by atoms with Crippen molar-refractivity contribution in [2.24, 2.45) is 0 Å². The number of ether oxygens (including phenoxy) is 1. The van der Waals surface area contributed by atoms with Crippen LogP contribution in [0.2, 0.25) is 0 Å². The minimum Gasteiger partial charge on any atom is -0.467 e. The third-order valence-corrected chi connectivity index (χ3v) is 4.40. The van der Waals surface area contributed by atoms with Gasteiger partial charge in [-0.25, -0.2) is 4.79 Å². The first-order chi connectivity index (χ1) is 10.1. The molecule has 2 aromatic heterocycles. The Balaban J connectivity index is 2.08. The number of methoxy groups -OCH3 is 1. The highest BCUT2D eigenvalue weighted by atomic mass is 32.1. The topological polar surface area (TPSA) is 90.0 Å². The third kappa shape index (κ3) is 2.23. The second kappa shape index (κ2) is 5.32. The molecule has 1 saturated heterocycles. The average molecular weight is 310 g/mol. The normalized spacial score (nSPS) is 18.9. The van der Waals surface area contributed by atoms with E-state index in [9.17, 15) is 14.9 Å². The number of nitrogens with zero attached hydrogens (tertiary/aromatic N) is 4. The van der Waals surface area contributed by atoms with Gasteiger partial charge in [0.1, 0.15) is 12.2 Å². The minimum atomic E-state index is -0.507. The molecule has 1 unspecified atom stereocenters. The minimum absolute atomic E-state index is 0.0953. The Hall–Kier alpha value is -2.16. The summed E-state index contributed by atoms with van der Waals surface area (Å²) in [7, 11) is 1.33. The van der Waals surface area contributed by atoms with E-state index in [1.807, 2.05) is 0 Å². The van der Waals surface area contributed by atoms with Crippen LogP contribution in [0.1, 0.15) is 19.3 Å². The van der Waals surface area contributed by atoms with Crippen LogP contribution in [-0.4, -0.2) is 40.0 Å². The number of hydrogen-bond donors (Lipinski definition) is 0. The number of anilines is 1. The number of esters is 1. The van der Waals surface area contributed by atoms with Gasteiger partial charge in [0.25, 0.3) is 4.96 Å². The lowest BCUT2D eigenvalue weighted by atomic mass is 10.0. The first-order valence-electron chi connectivity index (χ1n) is 6.58. The van der Waals surface area contributed by atoms with Crippen molar-refractivity contribution in [3.8, 4) is 0 Å². The van der Waals surface area contributed by atoms with Gasteiger partial charge >= 0.3 is 11.8 Å². The van der Waals surface area contributed by atoms with Crippen molar-refractivity contribution in [3.05, 3.63) is 21.7 Å². The van der Waals surface area contributed by atoms with Gasteiger partial charge in [-0.3, -0.25) is 0 Å². The molecule has 21 heavy (non-hydrogen) atoms. The summed E-state index contributed by atoms with van der Waals surface area (Å²) in [4.78, 5) is 29.4. The molecule has 9 heteroatoms. The molecule has 0 N–H and O–H groups in total. The van der Waals surface area contributed by atoms with E-state index in [1.165, 1.54) is 22.8 Å². The van der Waals surface area contributed by atoms with E-state index in [0.29, 0.717) is 17.9 Å². The van der Waals surface area contributed by atoms with Gasteiger partial charge in [0.05, 0.1) is 7.11 Å². The van der Waals surface area contributed by atoms with Crippen molar-refractivity contribution in [1.82, 2.24) is 9.38 Å². The summed E-state index contributed by atoms with van der Waals surface area (Å²) in [5.74, 6) is -0.218. The molecule has 0 spiro atoms. The highest BCUT2D eigenvalue weighted by Gasteiger charge is 2.36. The van der Waals surface area contributed by atoms with Gasteiger partial charge in [0.2, 0.25) is 5.82 Å². The van der Waals surface area contributed by atoms with Crippen LogP contribution in [-0.2, 0) is 9.53 Å². The number of thiazole rings is 1. The Morgan fingerprint density at radius 2 is 2.38 bits per heavy atom. The second-order valence-corrected chi connectivity index (χ2v) is 5.67. The number of fused-ring (bicyclic) bond motifs is 1. The fourth-order valence-corrected chi connectivity index (χ4v) is 3.40. The van der Waals surface area contributed by atoms with Crippen LogP contribution in [0, 0.1) is 10.1 Å². The molecule has 1 aliphatic rings. The van der Waals surface area contributed by atoms with Gasteiger partial charge in [0, 0.05) is 11.9 Å². The molecule has 0 bridgehead atoms. The number of piperidine rings is 1. The summed E-state index contributed by atoms with van der Waals surface area (Å²) >= 11 is 1.32. The SMILES string of the molecule is COC(=O)C1CCCCN1c1nc2sccn2c1[N+](=O)[O-]. The first kappa shape index (κ1) is 13.8. The number of rotatable bonds is 3. The van der Waals surface area contributed by atoms with Crippen LogP contribution in [0.4, 0.5) is 11.6 Å². The van der Waals surface area contributed by atoms with Crippen molar-refractivity contribution < 1.29 is 14.5 Å². The van der Waals surface area contributed by atoms with Crippen molar-refractivity contribution >= 4 is 33.9 Å². The predicted octanol–water partition coefficient (Wildman–Crippen LogP) is 1.84. The van der Waals surface area contributed by atoms with E-state index >= 15 is 0 Å². The van der Waals surface area contributed by atoms with E-state index in [1.54, 1.807) is 16.5 Å². The number of nitro groups is 1. The monoisotopic (exact) mass is 310 g/mol. The summed E-state index contributed by atoms with van der Waals surface area (Å²) in [6.07, 6.45) is 4.00. The molecule has 1 atom stereocenters. The predicted molar refractivity (Wildman–Crippen MR) is 76.7 cm³/mol. The van der Waals surface area contributed by atoms with E-state index in [2.05, 4.69) is 4.98 Å². The quantitative estimate of drug-likeness (QED) is 0.488. The summed E-state index contributed by atoms with van der Waals surface area (Å²) in [5, 5.41) is 13.1. The lowest BCUT2D eigenvalue weighted by molar-refractivity contribution is -0.389. The van der Waals surface area contributed by atoms with Crippen molar-refractivity contribution in [2.45, 2.75) is 25.3 Å². The zero-order chi connectivity index (χ0) is 15.0. The van der Waals surface area contributed by atoms with Gasteiger partial charge < -0.3 is 19.8 Å². The lowest BCUT2D eigenvalue weighted by Crippen LogP contribution is -2.45. The Labute approximate surface area is 124 Å². The fraction of sp³-hybridized carbons (Fsp3) is 0.500. The molecule has 0 saturated carbocycles. The van der Waals surface area contributed by atoms with Crippen LogP contribution in [0.3, 0.4) is 0 Å². The molecule has 3 rings (SSSR count). The molecule has 0 radical (unpaired) electrons. The number of carbonyl (C=O) groups is 1. The molecule has 3 heterocycles. The van der Waals surface area contributed by atoms with Crippen molar-refractivity contribution in [2.75, 3.05) is 18.6 Å². The molecule has 0 amide bonds. The Morgan fingerprint density at radius 3 is 3.10 bits per heavy atom. The van der Waals surface area contributed by atoms with Gasteiger partial charge in [-0.2, -0.15) is 9.38 Å². The van der Waals surface area contributed by atoms with Crippen molar-refractivity contribution in [1.29, 1.82) is 0 Å². The number of aromatic nitrogens is 2. The zero-order valence-electron chi connectivity index (χ0n) is 11.4. The maximum atomic E-state index is 11.9. The molecule has 2 aromatic rings. The highest BCUT2D eigenvalue weighted by Crippen LogP contribution is 2.34. The molecule has 1 aliphatic heterocycles. The average Bonchev–Trinajstić information content (AvgIpc) is 3.06. The van der Waals surface area contributed by atoms with Crippen LogP contribution in [0.15, 0.2) is 11.6 Å². The smallest absolute Gasteiger partial charge is 0.373 e. The number of imidazole rings is 1. The molecule has 0 aromatic carbocycles. The van der Waals surface area contributed by atoms with Gasteiger partial charge in [0.15, 0.2) is 0 Å². The van der Waals surface area contributed by atoms with E-state index < -0.39 is 11.0 Å². The third-order valence-electron chi connectivity index (χ3n) is 3.64. The molecular formula is C12H14N4O4S. The molecular weight excluding hydrogens is 296 g/mol. The molecule has 1 fully saturated rings. The van der Waals surface area contributed by atoms with Crippen LogP contribution in [0.25, 0.3) is 4.96 Å². The lowest BCUT2D eigenvalue weighted by Gasteiger charge is -2.33. The maximum Gasteiger partial charge on any atom is 0.373 e. The Bertz CT molecular complexity index is 695. The first-order valence-corrected chi connectivity index (χ1v) is 7.46. The molecule has 112 valence electrons. The van der Waals surface area contributed by atoms with E-state index in [0.717, 1.165) is 12.8 Å². The van der Waals surface area contributed by atoms with Gasteiger partial charge in [-0.05, 0) is 24.2 Å². The Morgan fingerprint density at radius 1 is 1.57 bits per heavy atom. The zero-order valence-corrected chi connectivity index (χ0v) is 12.2. The number of hydrogen-bond acceptors (Lipinski definition) is 7.